The average molecular weight is 260 g/mol. The fourth-order valence-electron chi connectivity index (χ4n) is 1.42. The van der Waals surface area contributed by atoms with Gasteiger partial charge < -0.3 is 20.3 Å². The Balaban J connectivity index is 2.73. The maximum atomic E-state index is 9.23. The SMILES string of the molecule is COCC(N)C(CO)Oc1ccc(C)cc1Cl. The molecule has 2 atom stereocenters. The van der Waals surface area contributed by atoms with Crippen LogP contribution in [0.15, 0.2) is 18.2 Å². The van der Waals surface area contributed by atoms with Crippen LogP contribution in [0.1, 0.15) is 5.56 Å². The lowest BCUT2D eigenvalue weighted by Gasteiger charge is -2.23. The zero-order valence-corrected chi connectivity index (χ0v) is 10.8. The molecule has 0 aliphatic carbocycles. The number of benzene rings is 1. The number of hydrogen-bond acceptors (Lipinski definition) is 4. The normalized spacial score (nSPS) is 14.4. The first-order valence-corrected chi connectivity index (χ1v) is 5.74. The van der Waals surface area contributed by atoms with Crippen LogP contribution >= 0.6 is 11.6 Å². The molecule has 0 saturated heterocycles. The standard InChI is InChI=1S/C12H18ClNO3/c1-8-3-4-11(9(13)5-8)17-12(6-15)10(14)7-16-2/h3-5,10,12,15H,6-7,14H2,1-2H3. The zero-order chi connectivity index (χ0) is 12.8. The number of hydrogen-bond donors (Lipinski definition) is 2. The fraction of sp³-hybridized carbons (Fsp3) is 0.500. The molecular formula is C12H18ClNO3. The summed E-state index contributed by atoms with van der Waals surface area (Å²) in [5.41, 5.74) is 6.86. The molecule has 1 aromatic rings. The predicted octanol–water partition coefficient (Wildman–Crippen LogP) is 1.36. The summed E-state index contributed by atoms with van der Waals surface area (Å²) >= 11 is 6.03. The summed E-state index contributed by atoms with van der Waals surface area (Å²) in [6.45, 7) is 2.07. The van der Waals surface area contributed by atoms with Gasteiger partial charge in [0.15, 0.2) is 0 Å². The molecule has 0 aliphatic heterocycles. The van der Waals surface area contributed by atoms with Crippen molar-refractivity contribution in [2.75, 3.05) is 20.3 Å². The zero-order valence-electron chi connectivity index (χ0n) is 10.0. The molecule has 4 nitrogen and oxygen atoms in total. The highest BCUT2D eigenvalue weighted by atomic mass is 35.5. The summed E-state index contributed by atoms with van der Waals surface area (Å²) in [5, 5.41) is 9.73. The molecule has 5 heteroatoms. The van der Waals surface area contributed by atoms with E-state index in [4.69, 9.17) is 26.8 Å². The van der Waals surface area contributed by atoms with E-state index in [1.807, 2.05) is 13.0 Å². The van der Waals surface area contributed by atoms with Crippen LogP contribution in [0.3, 0.4) is 0 Å². The number of halogens is 1. The molecule has 1 rings (SSSR count). The van der Waals surface area contributed by atoms with Crippen molar-refractivity contribution in [1.82, 2.24) is 0 Å². The molecule has 0 bridgehead atoms. The second-order valence-electron chi connectivity index (χ2n) is 3.89. The van der Waals surface area contributed by atoms with E-state index in [9.17, 15) is 5.11 Å². The van der Waals surface area contributed by atoms with Gasteiger partial charge in [-0.1, -0.05) is 17.7 Å². The third-order valence-corrected chi connectivity index (χ3v) is 2.68. The Morgan fingerprint density at radius 2 is 2.18 bits per heavy atom. The lowest BCUT2D eigenvalue weighted by Crippen LogP contribution is -2.44. The third kappa shape index (κ3) is 4.16. The second-order valence-corrected chi connectivity index (χ2v) is 4.30. The van der Waals surface area contributed by atoms with E-state index in [-0.39, 0.29) is 6.61 Å². The number of aliphatic hydroxyl groups excluding tert-OH is 1. The number of methoxy groups -OCH3 is 1. The molecule has 96 valence electrons. The van der Waals surface area contributed by atoms with Crippen LogP contribution in [0.2, 0.25) is 5.02 Å². The van der Waals surface area contributed by atoms with E-state index >= 15 is 0 Å². The van der Waals surface area contributed by atoms with Gasteiger partial charge in [-0.2, -0.15) is 0 Å². The summed E-state index contributed by atoms with van der Waals surface area (Å²) in [7, 11) is 1.55. The highest BCUT2D eigenvalue weighted by Crippen LogP contribution is 2.26. The molecule has 0 fully saturated rings. The summed E-state index contributed by atoms with van der Waals surface area (Å²) < 4.78 is 10.5. The topological polar surface area (TPSA) is 64.7 Å². The van der Waals surface area contributed by atoms with Gasteiger partial charge in [0.05, 0.1) is 24.3 Å². The quantitative estimate of drug-likeness (QED) is 0.810. The summed E-state index contributed by atoms with van der Waals surface area (Å²) in [6, 6.07) is 5.05. The van der Waals surface area contributed by atoms with Crippen LogP contribution in [0.25, 0.3) is 0 Å². The van der Waals surface area contributed by atoms with Gasteiger partial charge in [0.2, 0.25) is 0 Å². The first-order chi connectivity index (χ1) is 8.08. The lowest BCUT2D eigenvalue weighted by molar-refractivity contribution is 0.0605. The van der Waals surface area contributed by atoms with Crippen LogP contribution < -0.4 is 10.5 Å². The number of aryl methyl sites for hydroxylation is 1. The van der Waals surface area contributed by atoms with Crippen molar-refractivity contribution in [3.05, 3.63) is 28.8 Å². The highest BCUT2D eigenvalue weighted by Gasteiger charge is 2.19. The summed E-state index contributed by atoms with van der Waals surface area (Å²) in [5.74, 6) is 0.517. The molecule has 0 aliphatic rings. The Hall–Kier alpha value is -0.810. The maximum Gasteiger partial charge on any atom is 0.139 e. The van der Waals surface area contributed by atoms with Crippen molar-refractivity contribution >= 4 is 11.6 Å². The average Bonchev–Trinajstić information content (AvgIpc) is 2.28. The summed E-state index contributed by atoms with van der Waals surface area (Å²) in [6.07, 6.45) is -0.532. The van der Waals surface area contributed by atoms with Crippen LogP contribution in [-0.4, -0.2) is 37.6 Å². The second kappa shape index (κ2) is 6.81. The molecular weight excluding hydrogens is 242 g/mol. The fourth-order valence-corrected chi connectivity index (χ4v) is 1.70. The molecule has 3 N–H and O–H groups in total. The molecule has 2 unspecified atom stereocenters. The van der Waals surface area contributed by atoms with Gasteiger partial charge in [-0.25, -0.2) is 0 Å². The smallest absolute Gasteiger partial charge is 0.139 e. The Bertz CT molecular complexity index is 360. The Morgan fingerprint density at radius 1 is 1.47 bits per heavy atom. The van der Waals surface area contributed by atoms with Gasteiger partial charge in [-0.15, -0.1) is 0 Å². The van der Waals surface area contributed by atoms with Crippen molar-refractivity contribution in [3.8, 4) is 5.75 Å². The molecule has 0 aromatic heterocycles. The van der Waals surface area contributed by atoms with E-state index in [1.165, 1.54) is 0 Å². The van der Waals surface area contributed by atoms with E-state index < -0.39 is 12.1 Å². The Morgan fingerprint density at radius 3 is 2.71 bits per heavy atom. The summed E-state index contributed by atoms with van der Waals surface area (Å²) in [4.78, 5) is 0. The van der Waals surface area contributed by atoms with Crippen molar-refractivity contribution in [3.63, 3.8) is 0 Å². The first-order valence-electron chi connectivity index (χ1n) is 5.36. The molecule has 0 spiro atoms. The highest BCUT2D eigenvalue weighted by molar-refractivity contribution is 6.32. The van der Waals surface area contributed by atoms with Crippen LogP contribution in [0.5, 0.6) is 5.75 Å². The monoisotopic (exact) mass is 259 g/mol. The van der Waals surface area contributed by atoms with Gasteiger partial charge in [-0.3, -0.25) is 0 Å². The van der Waals surface area contributed by atoms with Crippen molar-refractivity contribution in [1.29, 1.82) is 0 Å². The Kier molecular flexibility index (Phi) is 5.71. The minimum absolute atomic E-state index is 0.186. The van der Waals surface area contributed by atoms with Gasteiger partial charge >= 0.3 is 0 Å². The molecule has 0 saturated carbocycles. The van der Waals surface area contributed by atoms with Crippen LogP contribution in [0.4, 0.5) is 0 Å². The minimum Gasteiger partial charge on any atom is -0.485 e. The largest absolute Gasteiger partial charge is 0.485 e. The van der Waals surface area contributed by atoms with Crippen LogP contribution in [-0.2, 0) is 4.74 Å². The number of rotatable bonds is 6. The molecule has 17 heavy (non-hydrogen) atoms. The number of aliphatic hydroxyl groups is 1. The molecule has 1 aromatic carbocycles. The van der Waals surface area contributed by atoms with Gasteiger partial charge in [0, 0.05) is 7.11 Å². The maximum absolute atomic E-state index is 9.23. The van der Waals surface area contributed by atoms with Gasteiger partial charge in [-0.05, 0) is 24.6 Å². The Labute approximate surface area is 106 Å². The minimum atomic E-state index is -0.532. The van der Waals surface area contributed by atoms with Crippen molar-refractivity contribution < 1.29 is 14.6 Å². The van der Waals surface area contributed by atoms with Crippen molar-refractivity contribution in [2.45, 2.75) is 19.1 Å². The van der Waals surface area contributed by atoms with E-state index in [0.29, 0.717) is 17.4 Å². The van der Waals surface area contributed by atoms with E-state index in [0.717, 1.165) is 5.56 Å². The van der Waals surface area contributed by atoms with Gasteiger partial charge in [0.1, 0.15) is 11.9 Å². The first kappa shape index (κ1) is 14.3. The molecule has 0 heterocycles. The van der Waals surface area contributed by atoms with Gasteiger partial charge in [0.25, 0.3) is 0 Å². The van der Waals surface area contributed by atoms with E-state index in [2.05, 4.69) is 0 Å². The van der Waals surface area contributed by atoms with Crippen LogP contribution in [0, 0.1) is 6.92 Å². The number of ether oxygens (including phenoxy) is 2. The predicted molar refractivity (Wildman–Crippen MR) is 67.5 cm³/mol. The third-order valence-electron chi connectivity index (χ3n) is 2.38. The molecule has 0 amide bonds. The molecule has 0 radical (unpaired) electrons. The number of nitrogens with two attached hydrogens (primary N) is 1. The lowest BCUT2D eigenvalue weighted by atomic mass is 10.2. The van der Waals surface area contributed by atoms with E-state index in [1.54, 1.807) is 19.2 Å². The van der Waals surface area contributed by atoms with Crippen molar-refractivity contribution in [2.24, 2.45) is 5.73 Å².